The molecule has 0 saturated carbocycles. The van der Waals surface area contributed by atoms with Gasteiger partial charge < -0.3 is 14.2 Å². The summed E-state index contributed by atoms with van der Waals surface area (Å²) in [5.74, 6) is -0.00452. The Morgan fingerprint density at radius 3 is 2.64 bits per heavy atom. The Morgan fingerprint density at radius 2 is 2.00 bits per heavy atom. The van der Waals surface area contributed by atoms with E-state index in [9.17, 15) is 4.79 Å². The molecule has 0 amide bonds. The van der Waals surface area contributed by atoms with Crippen molar-refractivity contribution in [2.24, 2.45) is 5.92 Å². The standard InChI is InChI=1S/C18H32O4/c1-5-7-8-9-10-15-13-16(11-12-17(19)20-6-2)22-18(21-15)14(3)4/h11-12,14-16,18H,5-10,13H2,1-4H3/b12-11+/t15-,16+,18-/m0/s1. The third-order valence-corrected chi connectivity index (χ3v) is 3.79. The molecule has 1 aliphatic rings. The predicted molar refractivity (Wildman–Crippen MR) is 87.5 cm³/mol. The molecule has 1 aliphatic heterocycles. The van der Waals surface area contributed by atoms with Gasteiger partial charge in [0.15, 0.2) is 6.29 Å². The average Bonchev–Trinajstić information content (AvgIpc) is 2.50. The number of rotatable bonds is 9. The smallest absolute Gasteiger partial charge is 0.330 e. The first-order chi connectivity index (χ1) is 10.6. The maximum Gasteiger partial charge on any atom is 0.330 e. The first-order valence-electron chi connectivity index (χ1n) is 8.72. The fraction of sp³-hybridized carbons (Fsp3) is 0.833. The van der Waals surface area contributed by atoms with Gasteiger partial charge in [-0.3, -0.25) is 0 Å². The highest BCUT2D eigenvalue weighted by atomic mass is 16.7. The highest BCUT2D eigenvalue weighted by Gasteiger charge is 2.30. The Labute approximate surface area is 135 Å². The molecule has 4 heteroatoms. The lowest BCUT2D eigenvalue weighted by molar-refractivity contribution is -0.250. The van der Waals surface area contributed by atoms with Crippen molar-refractivity contribution in [1.29, 1.82) is 0 Å². The largest absolute Gasteiger partial charge is 0.463 e. The van der Waals surface area contributed by atoms with E-state index in [0.717, 1.165) is 12.8 Å². The summed E-state index contributed by atoms with van der Waals surface area (Å²) < 4.78 is 16.9. The second-order valence-corrected chi connectivity index (χ2v) is 6.24. The van der Waals surface area contributed by atoms with Crippen molar-refractivity contribution in [2.45, 2.75) is 84.7 Å². The summed E-state index contributed by atoms with van der Waals surface area (Å²) in [5, 5.41) is 0. The van der Waals surface area contributed by atoms with Crippen LogP contribution in [0.5, 0.6) is 0 Å². The summed E-state index contributed by atoms with van der Waals surface area (Å²) in [7, 11) is 0. The third kappa shape index (κ3) is 7.41. The minimum Gasteiger partial charge on any atom is -0.463 e. The predicted octanol–water partition coefficient (Wildman–Crippen LogP) is 4.23. The van der Waals surface area contributed by atoms with Gasteiger partial charge in [0.1, 0.15) is 0 Å². The van der Waals surface area contributed by atoms with Gasteiger partial charge in [-0.25, -0.2) is 4.79 Å². The van der Waals surface area contributed by atoms with Crippen LogP contribution in [0.4, 0.5) is 0 Å². The SMILES string of the molecule is CCCCCC[C@H]1C[C@@H](/C=C/C(=O)OCC)O[C@@H](C(C)C)O1. The van der Waals surface area contributed by atoms with Crippen molar-refractivity contribution in [3.05, 3.63) is 12.2 Å². The fourth-order valence-corrected chi connectivity index (χ4v) is 2.56. The maximum absolute atomic E-state index is 11.4. The number of carbonyl (C=O) groups is 1. The van der Waals surface area contributed by atoms with Crippen LogP contribution in [0.1, 0.15) is 66.2 Å². The second-order valence-electron chi connectivity index (χ2n) is 6.24. The molecule has 0 unspecified atom stereocenters. The van der Waals surface area contributed by atoms with Crippen LogP contribution in [0.3, 0.4) is 0 Å². The zero-order valence-electron chi connectivity index (χ0n) is 14.5. The number of ether oxygens (including phenoxy) is 3. The van der Waals surface area contributed by atoms with E-state index >= 15 is 0 Å². The molecule has 0 aromatic heterocycles. The minimum absolute atomic E-state index is 0.0678. The number of unbranched alkanes of at least 4 members (excludes halogenated alkanes) is 3. The molecule has 1 heterocycles. The summed E-state index contributed by atoms with van der Waals surface area (Å²) in [4.78, 5) is 11.4. The Bertz CT molecular complexity index is 338. The van der Waals surface area contributed by atoms with Crippen molar-refractivity contribution in [1.82, 2.24) is 0 Å². The van der Waals surface area contributed by atoms with Crippen LogP contribution in [-0.2, 0) is 19.0 Å². The fourth-order valence-electron chi connectivity index (χ4n) is 2.56. The summed E-state index contributed by atoms with van der Waals surface area (Å²) in [5.41, 5.74) is 0. The number of hydrogen-bond donors (Lipinski definition) is 0. The maximum atomic E-state index is 11.4. The average molecular weight is 312 g/mol. The number of carbonyl (C=O) groups excluding carboxylic acids is 1. The van der Waals surface area contributed by atoms with Crippen molar-refractivity contribution < 1.29 is 19.0 Å². The first-order valence-corrected chi connectivity index (χ1v) is 8.72. The molecule has 0 radical (unpaired) electrons. The van der Waals surface area contributed by atoms with Gasteiger partial charge in [0.2, 0.25) is 0 Å². The molecule has 4 nitrogen and oxygen atoms in total. The molecule has 3 atom stereocenters. The Kier molecular flexibility index (Phi) is 9.41. The molecule has 0 spiro atoms. The van der Waals surface area contributed by atoms with E-state index in [1.807, 2.05) is 6.08 Å². The van der Waals surface area contributed by atoms with Crippen molar-refractivity contribution in [2.75, 3.05) is 6.61 Å². The molecule has 0 aromatic carbocycles. The minimum atomic E-state index is -0.307. The lowest BCUT2D eigenvalue weighted by Crippen LogP contribution is -2.40. The van der Waals surface area contributed by atoms with E-state index in [-0.39, 0.29) is 24.5 Å². The van der Waals surface area contributed by atoms with E-state index in [1.54, 1.807) is 6.92 Å². The zero-order chi connectivity index (χ0) is 16.4. The lowest BCUT2D eigenvalue weighted by Gasteiger charge is -2.36. The molecular formula is C18H32O4. The van der Waals surface area contributed by atoms with Crippen molar-refractivity contribution in [3.63, 3.8) is 0 Å². The third-order valence-electron chi connectivity index (χ3n) is 3.79. The van der Waals surface area contributed by atoms with Gasteiger partial charge in [0.05, 0.1) is 18.8 Å². The van der Waals surface area contributed by atoms with Crippen molar-refractivity contribution >= 4 is 5.97 Å². The van der Waals surface area contributed by atoms with Gasteiger partial charge >= 0.3 is 5.97 Å². The van der Waals surface area contributed by atoms with E-state index in [0.29, 0.717) is 12.5 Å². The lowest BCUT2D eigenvalue weighted by atomic mass is 10.0. The quantitative estimate of drug-likeness (QED) is 0.363. The summed E-state index contributed by atoms with van der Waals surface area (Å²) in [6.07, 6.45) is 10.1. The summed E-state index contributed by atoms with van der Waals surface area (Å²) >= 11 is 0. The van der Waals surface area contributed by atoms with Gasteiger partial charge in [-0.15, -0.1) is 0 Å². The molecular weight excluding hydrogens is 280 g/mol. The van der Waals surface area contributed by atoms with E-state index in [2.05, 4.69) is 20.8 Å². The van der Waals surface area contributed by atoms with Gasteiger partial charge in [-0.1, -0.05) is 46.5 Å². The summed E-state index contributed by atoms with van der Waals surface area (Å²) in [6.45, 7) is 8.60. The van der Waals surface area contributed by atoms with Gasteiger partial charge in [0.25, 0.3) is 0 Å². The molecule has 1 rings (SSSR count). The molecule has 0 aromatic rings. The first kappa shape index (κ1) is 19.2. The molecule has 0 N–H and O–H groups in total. The normalized spacial score (nSPS) is 25.8. The monoisotopic (exact) mass is 312 g/mol. The number of esters is 1. The van der Waals surface area contributed by atoms with Crippen LogP contribution in [0, 0.1) is 5.92 Å². The van der Waals surface area contributed by atoms with Crippen LogP contribution >= 0.6 is 0 Å². The Hall–Kier alpha value is -0.870. The molecule has 1 saturated heterocycles. The van der Waals surface area contributed by atoms with E-state index < -0.39 is 0 Å². The molecule has 1 fully saturated rings. The molecule has 0 bridgehead atoms. The topological polar surface area (TPSA) is 44.8 Å². The van der Waals surface area contributed by atoms with Gasteiger partial charge in [0, 0.05) is 18.4 Å². The van der Waals surface area contributed by atoms with Crippen LogP contribution in [-0.4, -0.2) is 31.1 Å². The van der Waals surface area contributed by atoms with E-state index in [4.69, 9.17) is 14.2 Å². The van der Waals surface area contributed by atoms with Gasteiger partial charge in [-0.05, 0) is 19.4 Å². The molecule has 128 valence electrons. The van der Waals surface area contributed by atoms with Crippen LogP contribution in [0.25, 0.3) is 0 Å². The van der Waals surface area contributed by atoms with Gasteiger partial charge in [-0.2, -0.15) is 0 Å². The Balaban J connectivity index is 2.51. The Morgan fingerprint density at radius 1 is 1.23 bits per heavy atom. The van der Waals surface area contributed by atoms with Crippen LogP contribution < -0.4 is 0 Å². The highest BCUT2D eigenvalue weighted by molar-refractivity contribution is 5.81. The highest BCUT2D eigenvalue weighted by Crippen LogP contribution is 2.27. The van der Waals surface area contributed by atoms with Crippen molar-refractivity contribution in [3.8, 4) is 0 Å². The molecule has 22 heavy (non-hydrogen) atoms. The molecule has 0 aliphatic carbocycles. The van der Waals surface area contributed by atoms with E-state index in [1.165, 1.54) is 31.8 Å². The number of hydrogen-bond acceptors (Lipinski definition) is 4. The summed E-state index contributed by atoms with van der Waals surface area (Å²) in [6, 6.07) is 0. The second kappa shape index (κ2) is 10.8. The van der Waals surface area contributed by atoms with Crippen LogP contribution in [0.15, 0.2) is 12.2 Å². The van der Waals surface area contributed by atoms with Crippen LogP contribution in [0.2, 0.25) is 0 Å². The zero-order valence-corrected chi connectivity index (χ0v) is 14.5.